The van der Waals surface area contributed by atoms with Crippen LogP contribution in [-0.4, -0.2) is 30.5 Å². The Bertz CT molecular complexity index is 670. The van der Waals surface area contributed by atoms with Gasteiger partial charge in [0, 0.05) is 24.7 Å². The number of rotatable bonds is 7. The van der Waals surface area contributed by atoms with E-state index in [1.54, 1.807) is 0 Å². The van der Waals surface area contributed by atoms with Crippen LogP contribution >= 0.6 is 0 Å². The summed E-state index contributed by atoms with van der Waals surface area (Å²) < 4.78 is 5.52. The number of para-hydroxylation sites is 1. The Morgan fingerprint density at radius 3 is 2.64 bits per heavy atom. The number of amides is 1. The molecule has 0 bridgehead atoms. The van der Waals surface area contributed by atoms with Crippen molar-refractivity contribution in [1.82, 2.24) is 4.90 Å². The maximum atomic E-state index is 12.2. The van der Waals surface area contributed by atoms with Gasteiger partial charge in [0.15, 0.2) is 0 Å². The maximum Gasteiger partial charge on any atom is 0.225 e. The Hall–Kier alpha value is -2.33. The lowest BCUT2D eigenvalue weighted by Gasteiger charge is -2.24. The lowest BCUT2D eigenvalue weighted by Crippen LogP contribution is -2.27. The summed E-state index contributed by atoms with van der Waals surface area (Å²) in [5, 5.41) is 2.96. The molecule has 132 valence electrons. The minimum atomic E-state index is 0.0727. The largest absolute Gasteiger partial charge is 0.494 e. The zero-order valence-corrected chi connectivity index (χ0v) is 14.8. The van der Waals surface area contributed by atoms with Gasteiger partial charge < -0.3 is 10.1 Å². The number of anilines is 1. The number of nitrogens with zero attached hydrogens (tertiary/aromatic N) is 1. The molecule has 0 radical (unpaired) electrons. The van der Waals surface area contributed by atoms with Crippen LogP contribution in [-0.2, 0) is 4.79 Å². The summed E-state index contributed by atoms with van der Waals surface area (Å²) in [6.45, 7) is 4.52. The Balaban J connectivity index is 1.53. The van der Waals surface area contributed by atoms with Gasteiger partial charge in [-0.2, -0.15) is 0 Å². The van der Waals surface area contributed by atoms with Gasteiger partial charge in [0.1, 0.15) is 5.75 Å². The molecule has 1 unspecified atom stereocenters. The quantitative estimate of drug-likeness (QED) is 0.820. The molecule has 1 aliphatic rings. The summed E-state index contributed by atoms with van der Waals surface area (Å²) in [7, 11) is 0. The molecule has 2 aromatic rings. The fourth-order valence-corrected chi connectivity index (χ4v) is 3.41. The van der Waals surface area contributed by atoms with Gasteiger partial charge in [-0.3, -0.25) is 9.69 Å². The third-order valence-corrected chi connectivity index (χ3v) is 4.62. The van der Waals surface area contributed by atoms with Crippen LogP contribution in [0.5, 0.6) is 5.75 Å². The van der Waals surface area contributed by atoms with E-state index in [1.165, 1.54) is 12.0 Å². The standard InChI is InChI=1S/C21H26N2O2/c1-2-25-19-12-10-17(11-13-19)20-9-6-15-23(20)16-14-21(24)22-18-7-4-3-5-8-18/h3-5,7-8,10-13,20H,2,6,9,14-16H2,1H3,(H,22,24). The predicted molar refractivity (Wildman–Crippen MR) is 101 cm³/mol. The number of carbonyl (C=O) groups excluding carboxylic acids is 1. The average Bonchev–Trinajstić information content (AvgIpc) is 3.10. The summed E-state index contributed by atoms with van der Waals surface area (Å²) >= 11 is 0. The van der Waals surface area contributed by atoms with E-state index in [4.69, 9.17) is 4.74 Å². The summed E-state index contributed by atoms with van der Waals surface area (Å²) in [6.07, 6.45) is 2.84. The third kappa shape index (κ3) is 4.83. The van der Waals surface area contributed by atoms with Gasteiger partial charge in [-0.1, -0.05) is 30.3 Å². The van der Waals surface area contributed by atoms with Crippen LogP contribution in [0.3, 0.4) is 0 Å². The fraction of sp³-hybridized carbons (Fsp3) is 0.381. The molecule has 0 saturated carbocycles. The van der Waals surface area contributed by atoms with E-state index in [-0.39, 0.29) is 5.91 Å². The molecule has 1 atom stereocenters. The molecule has 0 spiro atoms. The highest BCUT2D eigenvalue weighted by Crippen LogP contribution is 2.32. The van der Waals surface area contributed by atoms with Crippen molar-refractivity contribution in [3.8, 4) is 5.75 Å². The van der Waals surface area contributed by atoms with E-state index in [0.29, 0.717) is 19.1 Å². The highest BCUT2D eigenvalue weighted by atomic mass is 16.5. The van der Waals surface area contributed by atoms with Crippen molar-refractivity contribution in [2.24, 2.45) is 0 Å². The first-order valence-electron chi connectivity index (χ1n) is 9.08. The monoisotopic (exact) mass is 338 g/mol. The number of ether oxygens (including phenoxy) is 1. The molecule has 1 N–H and O–H groups in total. The van der Waals surface area contributed by atoms with Crippen molar-refractivity contribution >= 4 is 11.6 Å². The molecular formula is C21H26N2O2. The lowest BCUT2D eigenvalue weighted by atomic mass is 10.0. The van der Waals surface area contributed by atoms with Crippen LogP contribution in [0.2, 0.25) is 0 Å². The van der Waals surface area contributed by atoms with E-state index < -0.39 is 0 Å². The fourth-order valence-electron chi connectivity index (χ4n) is 3.41. The van der Waals surface area contributed by atoms with Crippen molar-refractivity contribution in [3.63, 3.8) is 0 Å². The van der Waals surface area contributed by atoms with Gasteiger partial charge in [0.2, 0.25) is 5.91 Å². The molecule has 1 fully saturated rings. The number of nitrogens with one attached hydrogen (secondary N) is 1. The molecule has 3 rings (SSSR count). The second-order valence-electron chi connectivity index (χ2n) is 6.36. The van der Waals surface area contributed by atoms with Crippen molar-refractivity contribution in [2.75, 3.05) is 25.0 Å². The topological polar surface area (TPSA) is 41.6 Å². The second kappa shape index (κ2) is 8.67. The van der Waals surface area contributed by atoms with Crippen LogP contribution in [0.1, 0.15) is 37.8 Å². The summed E-state index contributed by atoms with van der Waals surface area (Å²) in [5.41, 5.74) is 2.17. The summed E-state index contributed by atoms with van der Waals surface area (Å²) in [4.78, 5) is 14.6. The molecule has 0 aliphatic carbocycles. The number of benzene rings is 2. The first-order chi connectivity index (χ1) is 12.3. The summed E-state index contributed by atoms with van der Waals surface area (Å²) in [6, 6.07) is 18.4. The van der Waals surface area contributed by atoms with Crippen LogP contribution in [0, 0.1) is 0 Å². The molecule has 4 heteroatoms. The highest BCUT2D eigenvalue weighted by Gasteiger charge is 2.26. The van der Waals surface area contributed by atoms with E-state index in [2.05, 4.69) is 22.3 Å². The minimum Gasteiger partial charge on any atom is -0.494 e. The number of hydrogen-bond acceptors (Lipinski definition) is 3. The number of likely N-dealkylation sites (tertiary alicyclic amines) is 1. The molecule has 1 amide bonds. The van der Waals surface area contributed by atoms with Crippen LogP contribution in [0.25, 0.3) is 0 Å². The molecule has 1 saturated heterocycles. The highest BCUT2D eigenvalue weighted by molar-refractivity contribution is 5.90. The van der Waals surface area contributed by atoms with Crippen molar-refractivity contribution in [1.29, 1.82) is 0 Å². The minimum absolute atomic E-state index is 0.0727. The smallest absolute Gasteiger partial charge is 0.225 e. The summed E-state index contributed by atoms with van der Waals surface area (Å²) in [5.74, 6) is 0.988. The SMILES string of the molecule is CCOc1ccc(C2CCCN2CCC(=O)Nc2ccccc2)cc1. The predicted octanol–water partition coefficient (Wildman–Crippen LogP) is 4.25. The number of hydrogen-bond donors (Lipinski definition) is 1. The van der Waals surface area contributed by atoms with Crippen molar-refractivity contribution in [2.45, 2.75) is 32.2 Å². The molecule has 1 aliphatic heterocycles. The Morgan fingerprint density at radius 2 is 1.92 bits per heavy atom. The maximum absolute atomic E-state index is 12.2. The average molecular weight is 338 g/mol. The first kappa shape index (κ1) is 17.5. The Kier molecular flexibility index (Phi) is 6.07. The molecule has 4 nitrogen and oxygen atoms in total. The second-order valence-corrected chi connectivity index (χ2v) is 6.36. The third-order valence-electron chi connectivity index (χ3n) is 4.62. The van der Waals surface area contributed by atoms with Gasteiger partial charge in [0.25, 0.3) is 0 Å². The Labute approximate surface area is 149 Å². The van der Waals surface area contributed by atoms with Crippen LogP contribution < -0.4 is 10.1 Å². The van der Waals surface area contributed by atoms with E-state index in [9.17, 15) is 4.79 Å². The van der Waals surface area contributed by atoms with Crippen molar-refractivity contribution in [3.05, 3.63) is 60.2 Å². The normalized spacial score (nSPS) is 17.4. The van der Waals surface area contributed by atoms with Gasteiger partial charge >= 0.3 is 0 Å². The van der Waals surface area contributed by atoms with Crippen LogP contribution in [0.15, 0.2) is 54.6 Å². The van der Waals surface area contributed by atoms with Gasteiger partial charge in [-0.05, 0) is 56.1 Å². The molecule has 0 aromatic heterocycles. The van der Waals surface area contributed by atoms with Crippen molar-refractivity contribution < 1.29 is 9.53 Å². The van der Waals surface area contributed by atoms with Gasteiger partial charge in [0.05, 0.1) is 6.61 Å². The van der Waals surface area contributed by atoms with E-state index >= 15 is 0 Å². The van der Waals surface area contributed by atoms with E-state index in [1.807, 2.05) is 49.4 Å². The zero-order valence-electron chi connectivity index (χ0n) is 14.8. The Morgan fingerprint density at radius 1 is 1.16 bits per heavy atom. The molecule has 2 aromatic carbocycles. The number of carbonyl (C=O) groups is 1. The van der Waals surface area contributed by atoms with E-state index in [0.717, 1.165) is 30.9 Å². The van der Waals surface area contributed by atoms with Crippen LogP contribution in [0.4, 0.5) is 5.69 Å². The first-order valence-corrected chi connectivity index (χ1v) is 9.08. The molecule has 1 heterocycles. The van der Waals surface area contributed by atoms with Gasteiger partial charge in [-0.25, -0.2) is 0 Å². The molecular weight excluding hydrogens is 312 g/mol. The lowest BCUT2D eigenvalue weighted by molar-refractivity contribution is -0.116. The molecule has 25 heavy (non-hydrogen) atoms. The zero-order chi connectivity index (χ0) is 17.5. The van der Waals surface area contributed by atoms with Gasteiger partial charge in [-0.15, -0.1) is 0 Å².